The fraction of sp³-hybridized carbons (Fsp3) is 0.300. The van der Waals surface area contributed by atoms with Crippen LogP contribution >= 0.6 is 15.9 Å². The number of rotatable bonds is 9. The zero-order valence-electron chi connectivity index (χ0n) is 15.6. The highest BCUT2D eigenvalue weighted by molar-refractivity contribution is 9.10. The number of carbonyl (C=O) groups is 1. The van der Waals surface area contributed by atoms with Crippen LogP contribution in [0.5, 0.6) is 17.2 Å². The summed E-state index contributed by atoms with van der Waals surface area (Å²) in [6.07, 6.45) is 1.57. The maximum absolute atomic E-state index is 12.5. The number of hydrogen-bond donors (Lipinski definition) is 1. The predicted molar refractivity (Wildman–Crippen MR) is 109 cm³/mol. The van der Waals surface area contributed by atoms with E-state index >= 15 is 0 Å². The third kappa shape index (κ3) is 5.99. The minimum atomic E-state index is -0.369. The van der Waals surface area contributed by atoms with E-state index in [1.807, 2.05) is 45.0 Å². The normalized spacial score (nSPS) is 10.7. The maximum atomic E-state index is 12.5. The smallest absolute Gasteiger partial charge is 0.271 e. The van der Waals surface area contributed by atoms with Crippen LogP contribution in [0.25, 0.3) is 0 Å². The van der Waals surface area contributed by atoms with E-state index in [4.69, 9.17) is 14.2 Å². The number of benzene rings is 2. The Balaban J connectivity index is 2.23. The lowest BCUT2D eigenvalue weighted by Crippen LogP contribution is -2.18. The van der Waals surface area contributed by atoms with Crippen LogP contribution in [0, 0.1) is 0 Å². The summed E-state index contributed by atoms with van der Waals surface area (Å²) in [5.74, 6) is 1.06. The van der Waals surface area contributed by atoms with Crippen molar-refractivity contribution in [1.29, 1.82) is 0 Å². The Morgan fingerprint density at radius 2 is 1.67 bits per heavy atom. The molecule has 0 aliphatic rings. The van der Waals surface area contributed by atoms with Gasteiger partial charge in [-0.05, 0) is 50.6 Å². The van der Waals surface area contributed by atoms with Crippen LogP contribution in [0.1, 0.15) is 36.7 Å². The number of nitrogens with zero attached hydrogens (tertiary/aromatic N) is 1. The molecule has 27 heavy (non-hydrogen) atoms. The molecule has 0 unspecified atom stereocenters. The Bertz CT molecular complexity index is 781. The number of hydrazone groups is 1. The molecular weight excluding hydrogens is 412 g/mol. The first kappa shape index (κ1) is 20.8. The average Bonchev–Trinajstić information content (AvgIpc) is 2.64. The lowest BCUT2D eigenvalue weighted by atomic mass is 10.1. The van der Waals surface area contributed by atoms with Gasteiger partial charge in [0.2, 0.25) is 5.75 Å². The van der Waals surface area contributed by atoms with E-state index in [9.17, 15) is 4.79 Å². The Morgan fingerprint density at radius 1 is 1.04 bits per heavy atom. The van der Waals surface area contributed by atoms with Crippen molar-refractivity contribution in [1.82, 2.24) is 5.43 Å². The number of ether oxygens (including phenoxy) is 3. The van der Waals surface area contributed by atoms with Crippen molar-refractivity contribution in [2.75, 3.05) is 19.8 Å². The standard InChI is InChI=1S/C20H23BrN2O4/c1-4-25-17-11-15(12-18(26-5-2)19(17)27-6-3)20(24)23-22-13-14-8-7-9-16(21)10-14/h7-13H,4-6H2,1-3H3,(H,23,24)/b22-13+. The van der Waals surface area contributed by atoms with Crippen molar-refractivity contribution >= 4 is 28.1 Å². The van der Waals surface area contributed by atoms with Crippen LogP contribution in [0.4, 0.5) is 0 Å². The summed E-state index contributed by atoms with van der Waals surface area (Å²) in [6.45, 7) is 6.96. The molecule has 144 valence electrons. The molecule has 1 N–H and O–H groups in total. The summed E-state index contributed by atoms with van der Waals surface area (Å²) >= 11 is 3.40. The van der Waals surface area contributed by atoms with Crippen LogP contribution < -0.4 is 19.6 Å². The molecule has 0 saturated heterocycles. The van der Waals surface area contributed by atoms with Gasteiger partial charge < -0.3 is 14.2 Å². The molecule has 0 fully saturated rings. The van der Waals surface area contributed by atoms with Crippen LogP contribution in [0.3, 0.4) is 0 Å². The van der Waals surface area contributed by atoms with Crippen molar-refractivity contribution < 1.29 is 19.0 Å². The molecule has 0 aromatic heterocycles. The third-order valence-corrected chi connectivity index (χ3v) is 3.89. The summed E-state index contributed by atoms with van der Waals surface area (Å²) in [4.78, 5) is 12.5. The van der Waals surface area contributed by atoms with E-state index in [0.717, 1.165) is 10.0 Å². The lowest BCUT2D eigenvalue weighted by molar-refractivity contribution is 0.0954. The molecule has 0 aliphatic heterocycles. The zero-order valence-corrected chi connectivity index (χ0v) is 17.2. The topological polar surface area (TPSA) is 69.2 Å². The monoisotopic (exact) mass is 434 g/mol. The number of hydrogen-bond acceptors (Lipinski definition) is 5. The number of carbonyl (C=O) groups excluding carboxylic acids is 1. The molecule has 0 aliphatic carbocycles. The molecule has 0 spiro atoms. The Labute approximate surface area is 167 Å². The highest BCUT2D eigenvalue weighted by atomic mass is 79.9. The molecule has 1 amide bonds. The van der Waals surface area contributed by atoms with Gasteiger partial charge >= 0.3 is 0 Å². The number of amides is 1. The molecule has 2 aromatic carbocycles. The van der Waals surface area contributed by atoms with Crippen molar-refractivity contribution in [3.63, 3.8) is 0 Å². The Kier molecular flexibility index (Phi) is 8.13. The highest BCUT2D eigenvalue weighted by Gasteiger charge is 2.18. The van der Waals surface area contributed by atoms with E-state index in [-0.39, 0.29) is 5.91 Å². The first-order valence-corrected chi connectivity index (χ1v) is 9.53. The molecule has 2 rings (SSSR count). The largest absolute Gasteiger partial charge is 0.490 e. The Morgan fingerprint density at radius 3 is 2.22 bits per heavy atom. The highest BCUT2D eigenvalue weighted by Crippen LogP contribution is 2.39. The second kappa shape index (κ2) is 10.6. The van der Waals surface area contributed by atoms with Gasteiger partial charge in [-0.1, -0.05) is 28.1 Å². The minimum Gasteiger partial charge on any atom is -0.490 e. The molecular formula is C20H23BrN2O4. The van der Waals surface area contributed by atoms with Gasteiger partial charge in [-0.3, -0.25) is 4.79 Å². The predicted octanol–water partition coefficient (Wildman–Crippen LogP) is 4.41. The van der Waals surface area contributed by atoms with Gasteiger partial charge in [0.1, 0.15) is 0 Å². The van der Waals surface area contributed by atoms with E-state index in [1.165, 1.54) is 0 Å². The Hall–Kier alpha value is -2.54. The molecule has 0 heterocycles. The molecule has 6 nitrogen and oxygen atoms in total. The first-order chi connectivity index (χ1) is 13.1. The van der Waals surface area contributed by atoms with Crippen molar-refractivity contribution in [2.45, 2.75) is 20.8 Å². The zero-order chi connectivity index (χ0) is 19.6. The molecule has 0 bridgehead atoms. The fourth-order valence-corrected chi connectivity index (χ4v) is 2.75. The van der Waals surface area contributed by atoms with E-state index in [2.05, 4.69) is 26.5 Å². The molecule has 0 saturated carbocycles. The summed E-state index contributed by atoms with van der Waals surface area (Å²) < 4.78 is 17.8. The van der Waals surface area contributed by atoms with E-state index < -0.39 is 0 Å². The second-order valence-electron chi connectivity index (χ2n) is 5.35. The summed E-state index contributed by atoms with van der Waals surface area (Å²) in [5.41, 5.74) is 3.75. The number of nitrogens with one attached hydrogen (secondary N) is 1. The number of halogens is 1. The van der Waals surface area contributed by atoms with Gasteiger partial charge in [0.15, 0.2) is 11.5 Å². The van der Waals surface area contributed by atoms with Gasteiger partial charge in [-0.2, -0.15) is 5.10 Å². The van der Waals surface area contributed by atoms with Gasteiger partial charge in [0, 0.05) is 10.0 Å². The fourth-order valence-electron chi connectivity index (χ4n) is 2.34. The average molecular weight is 435 g/mol. The molecule has 2 aromatic rings. The van der Waals surface area contributed by atoms with E-state index in [1.54, 1.807) is 18.3 Å². The van der Waals surface area contributed by atoms with Crippen LogP contribution in [-0.2, 0) is 0 Å². The molecule has 7 heteroatoms. The summed E-state index contributed by atoms with van der Waals surface area (Å²) in [5, 5.41) is 4.01. The van der Waals surface area contributed by atoms with Crippen molar-refractivity contribution in [3.8, 4) is 17.2 Å². The van der Waals surface area contributed by atoms with Crippen LogP contribution in [-0.4, -0.2) is 31.9 Å². The summed E-state index contributed by atoms with van der Waals surface area (Å²) in [6, 6.07) is 10.8. The van der Waals surface area contributed by atoms with Crippen molar-refractivity contribution in [3.05, 3.63) is 52.0 Å². The van der Waals surface area contributed by atoms with Gasteiger partial charge in [0.25, 0.3) is 5.91 Å². The van der Waals surface area contributed by atoms with Crippen LogP contribution in [0.2, 0.25) is 0 Å². The first-order valence-electron chi connectivity index (χ1n) is 8.74. The van der Waals surface area contributed by atoms with Gasteiger partial charge in [0.05, 0.1) is 26.0 Å². The van der Waals surface area contributed by atoms with E-state index in [0.29, 0.717) is 42.6 Å². The third-order valence-electron chi connectivity index (χ3n) is 3.40. The molecule has 0 radical (unpaired) electrons. The minimum absolute atomic E-state index is 0.369. The van der Waals surface area contributed by atoms with Crippen molar-refractivity contribution in [2.24, 2.45) is 5.10 Å². The molecule has 0 atom stereocenters. The SMILES string of the molecule is CCOc1cc(C(=O)N/N=C/c2cccc(Br)c2)cc(OCC)c1OCC. The van der Waals surface area contributed by atoms with Crippen LogP contribution in [0.15, 0.2) is 46.0 Å². The lowest BCUT2D eigenvalue weighted by Gasteiger charge is -2.16. The van der Waals surface area contributed by atoms with Gasteiger partial charge in [-0.15, -0.1) is 0 Å². The van der Waals surface area contributed by atoms with Gasteiger partial charge in [-0.25, -0.2) is 5.43 Å². The second-order valence-corrected chi connectivity index (χ2v) is 6.27. The summed E-state index contributed by atoms with van der Waals surface area (Å²) in [7, 11) is 0. The maximum Gasteiger partial charge on any atom is 0.271 e. The quantitative estimate of drug-likeness (QED) is 0.468.